The number of hydrogen-bond donors (Lipinski definition) is 1. The molecule has 4 nitrogen and oxygen atoms in total. The molecule has 0 spiro atoms. The van der Waals surface area contributed by atoms with Crippen LogP contribution in [-0.4, -0.2) is 34.5 Å². The third kappa shape index (κ3) is 1.74. The van der Waals surface area contributed by atoms with Crippen LogP contribution in [0.2, 0.25) is 0 Å². The number of aliphatic carboxylic acids is 1. The summed E-state index contributed by atoms with van der Waals surface area (Å²) in [6.07, 6.45) is 4.12. The van der Waals surface area contributed by atoms with Crippen molar-refractivity contribution in [3.63, 3.8) is 0 Å². The molecule has 4 heteroatoms. The molecule has 1 saturated heterocycles. The monoisotopic (exact) mass is 237 g/mol. The molecule has 4 unspecified atom stereocenters. The number of carboxylic acids is 1. The number of carbonyl (C=O) groups is 2. The van der Waals surface area contributed by atoms with Gasteiger partial charge in [0.2, 0.25) is 5.91 Å². The highest BCUT2D eigenvalue weighted by molar-refractivity contribution is 5.86. The summed E-state index contributed by atoms with van der Waals surface area (Å²) in [4.78, 5) is 25.2. The van der Waals surface area contributed by atoms with Gasteiger partial charge >= 0.3 is 5.97 Å². The first-order valence-corrected chi connectivity index (χ1v) is 6.61. The fourth-order valence-corrected chi connectivity index (χ4v) is 3.72. The van der Waals surface area contributed by atoms with Gasteiger partial charge in [0, 0.05) is 12.5 Å². The molecule has 0 aromatic rings. The molecule has 1 amide bonds. The van der Waals surface area contributed by atoms with Crippen LogP contribution in [-0.2, 0) is 9.59 Å². The van der Waals surface area contributed by atoms with E-state index in [-0.39, 0.29) is 17.7 Å². The Hall–Kier alpha value is -1.06. The van der Waals surface area contributed by atoms with E-state index in [0.717, 1.165) is 31.1 Å². The number of carbonyl (C=O) groups excluding carboxylic acids is 1. The van der Waals surface area contributed by atoms with Crippen LogP contribution in [0.5, 0.6) is 0 Å². The molecule has 0 aromatic carbocycles. The quantitative estimate of drug-likeness (QED) is 0.788. The molecule has 1 heterocycles. The molecule has 94 valence electrons. The second-order valence-corrected chi connectivity index (χ2v) is 6.00. The lowest BCUT2D eigenvalue weighted by Crippen LogP contribution is -2.45. The molecule has 2 saturated carbocycles. The zero-order valence-electron chi connectivity index (χ0n) is 10.1. The average Bonchev–Trinajstić information content (AvgIpc) is 2.74. The van der Waals surface area contributed by atoms with Gasteiger partial charge in [0.1, 0.15) is 6.04 Å². The first-order valence-electron chi connectivity index (χ1n) is 6.61. The summed E-state index contributed by atoms with van der Waals surface area (Å²) < 4.78 is 0. The Morgan fingerprint density at radius 2 is 1.82 bits per heavy atom. The largest absolute Gasteiger partial charge is 0.480 e. The average molecular weight is 237 g/mol. The van der Waals surface area contributed by atoms with Gasteiger partial charge in [0.25, 0.3) is 0 Å². The molecule has 0 radical (unpaired) electrons. The Kier molecular flexibility index (Phi) is 2.42. The number of amides is 1. The van der Waals surface area contributed by atoms with E-state index < -0.39 is 12.0 Å². The summed E-state index contributed by atoms with van der Waals surface area (Å²) >= 11 is 0. The van der Waals surface area contributed by atoms with E-state index in [2.05, 4.69) is 0 Å². The summed E-state index contributed by atoms with van der Waals surface area (Å²) in [5.74, 6) is 1.01. The lowest BCUT2D eigenvalue weighted by Gasteiger charge is -2.26. The summed E-state index contributed by atoms with van der Waals surface area (Å²) in [6, 6.07) is -0.584. The zero-order valence-corrected chi connectivity index (χ0v) is 10.1. The smallest absolute Gasteiger partial charge is 0.326 e. The molecule has 3 rings (SSSR count). The van der Waals surface area contributed by atoms with E-state index in [1.165, 1.54) is 6.42 Å². The van der Waals surface area contributed by atoms with Crippen LogP contribution < -0.4 is 0 Å². The number of likely N-dealkylation sites (tertiary alicyclic amines) is 1. The van der Waals surface area contributed by atoms with Crippen molar-refractivity contribution in [1.82, 2.24) is 4.90 Å². The molecular weight excluding hydrogens is 218 g/mol. The molecule has 1 N–H and O–H groups in total. The highest BCUT2D eigenvalue weighted by Gasteiger charge is 2.50. The molecule has 4 atom stereocenters. The zero-order chi connectivity index (χ0) is 12.2. The van der Waals surface area contributed by atoms with Crippen molar-refractivity contribution in [3.05, 3.63) is 0 Å². The van der Waals surface area contributed by atoms with Crippen LogP contribution in [0, 0.1) is 23.7 Å². The van der Waals surface area contributed by atoms with E-state index in [1.54, 1.807) is 4.90 Å². The molecule has 1 aliphatic heterocycles. The van der Waals surface area contributed by atoms with Crippen molar-refractivity contribution < 1.29 is 14.7 Å². The van der Waals surface area contributed by atoms with E-state index >= 15 is 0 Å². The van der Waals surface area contributed by atoms with E-state index in [9.17, 15) is 14.7 Å². The second kappa shape index (κ2) is 3.72. The third-order valence-electron chi connectivity index (χ3n) is 4.83. The minimum Gasteiger partial charge on any atom is -0.480 e. The second-order valence-electron chi connectivity index (χ2n) is 6.00. The summed E-state index contributed by atoms with van der Waals surface area (Å²) in [5.41, 5.74) is 0. The van der Waals surface area contributed by atoms with Gasteiger partial charge in [0.05, 0.1) is 0 Å². The third-order valence-corrected chi connectivity index (χ3v) is 4.83. The highest BCUT2D eigenvalue weighted by atomic mass is 16.4. The molecule has 17 heavy (non-hydrogen) atoms. The maximum atomic E-state index is 12.3. The predicted molar refractivity (Wildman–Crippen MR) is 61.2 cm³/mol. The van der Waals surface area contributed by atoms with Crippen LogP contribution in [0.25, 0.3) is 0 Å². The Labute approximate surface area is 101 Å². The van der Waals surface area contributed by atoms with E-state index in [0.29, 0.717) is 6.54 Å². The molecule has 0 bridgehead atoms. The fourth-order valence-electron chi connectivity index (χ4n) is 3.72. The number of rotatable bonds is 2. The molecular formula is C13H19NO3. The van der Waals surface area contributed by atoms with Crippen LogP contribution >= 0.6 is 0 Å². The van der Waals surface area contributed by atoms with Gasteiger partial charge in [-0.25, -0.2) is 4.79 Å². The Bertz CT molecular complexity index is 358. The van der Waals surface area contributed by atoms with Gasteiger partial charge < -0.3 is 10.0 Å². The topological polar surface area (TPSA) is 57.6 Å². The van der Waals surface area contributed by atoms with Crippen molar-refractivity contribution in [2.24, 2.45) is 23.7 Å². The van der Waals surface area contributed by atoms with Gasteiger partial charge in [-0.3, -0.25) is 4.79 Å². The normalized spacial score (nSPS) is 43.6. The Morgan fingerprint density at radius 3 is 2.41 bits per heavy atom. The van der Waals surface area contributed by atoms with Crippen LogP contribution in [0.4, 0.5) is 0 Å². The molecule has 3 fully saturated rings. The SMILES string of the molecule is CC1CCN(C(=O)C2CC3CC3C2)C1C(=O)O. The lowest BCUT2D eigenvalue weighted by atomic mass is 9.99. The van der Waals surface area contributed by atoms with Crippen LogP contribution in [0.3, 0.4) is 0 Å². The van der Waals surface area contributed by atoms with Crippen LogP contribution in [0.15, 0.2) is 0 Å². The fraction of sp³-hybridized carbons (Fsp3) is 0.846. The lowest BCUT2D eigenvalue weighted by molar-refractivity contribution is -0.151. The van der Waals surface area contributed by atoms with Gasteiger partial charge in [-0.05, 0) is 43.4 Å². The van der Waals surface area contributed by atoms with Crippen molar-refractivity contribution in [3.8, 4) is 0 Å². The van der Waals surface area contributed by atoms with E-state index in [4.69, 9.17) is 0 Å². The summed E-state index contributed by atoms with van der Waals surface area (Å²) in [6.45, 7) is 2.56. The predicted octanol–water partition coefficient (Wildman–Crippen LogP) is 1.35. The van der Waals surface area contributed by atoms with Gasteiger partial charge in [-0.15, -0.1) is 0 Å². The number of fused-ring (bicyclic) bond motifs is 1. The molecule has 3 aliphatic rings. The first-order chi connectivity index (χ1) is 8.08. The van der Waals surface area contributed by atoms with E-state index in [1.807, 2.05) is 6.92 Å². The Balaban J connectivity index is 1.70. The van der Waals surface area contributed by atoms with Crippen molar-refractivity contribution in [1.29, 1.82) is 0 Å². The van der Waals surface area contributed by atoms with Crippen molar-refractivity contribution in [2.45, 2.75) is 38.6 Å². The summed E-state index contributed by atoms with van der Waals surface area (Å²) in [7, 11) is 0. The highest BCUT2D eigenvalue weighted by Crippen LogP contribution is 2.54. The molecule has 0 aromatic heterocycles. The van der Waals surface area contributed by atoms with Crippen molar-refractivity contribution >= 4 is 11.9 Å². The van der Waals surface area contributed by atoms with Gasteiger partial charge in [-0.2, -0.15) is 0 Å². The van der Waals surface area contributed by atoms with Gasteiger partial charge in [0.15, 0.2) is 0 Å². The minimum atomic E-state index is -0.841. The summed E-state index contributed by atoms with van der Waals surface area (Å²) in [5, 5.41) is 9.21. The number of hydrogen-bond acceptors (Lipinski definition) is 2. The van der Waals surface area contributed by atoms with Crippen LogP contribution in [0.1, 0.15) is 32.6 Å². The molecule has 2 aliphatic carbocycles. The van der Waals surface area contributed by atoms with Crippen molar-refractivity contribution in [2.75, 3.05) is 6.54 Å². The van der Waals surface area contributed by atoms with Gasteiger partial charge in [-0.1, -0.05) is 6.92 Å². The standard InChI is InChI=1S/C13H19NO3/c1-7-2-3-14(11(7)13(16)17)12(15)10-5-8-4-9(8)6-10/h7-11H,2-6H2,1H3,(H,16,17). The first kappa shape index (κ1) is 11.1. The Morgan fingerprint density at radius 1 is 1.18 bits per heavy atom. The maximum absolute atomic E-state index is 12.3. The number of carboxylic acid groups (broad SMARTS) is 1. The maximum Gasteiger partial charge on any atom is 0.326 e. The number of nitrogens with zero attached hydrogens (tertiary/aromatic N) is 1. The minimum absolute atomic E-state index is 0.0902.